The van der Waals surface area contributed by atoms with E-state index in [0.717, 1.165) is 35.7 Å². The summed E-state index contributed by atoms with van der Waals surface area (Å²) >= 11 is 6.16. The molecule has 0 bridgehead atoms. The number of amides is 2. The van der Waals surface area contributed by atoms with Gasteiger partial charge in [0.25, 0.3) is 11.8 Å². The van der Waals surface area contributed by atoms with E-state index in [2.05, 4.69) is 10.3 Å². The second-order valence-corrected chi connectivity index (χ2v) is 8.53. The van der Waals surface area contributed by atoms with Gasteiger partial charge in [0.05, 0.1) is 10.6 Å². The first-order valence-electron chi connectivity index (χ1n) is 11.1. The number of fused-ring (bicyclic) bond motifs is 1. The molecule has 2 heterocycles. The van der Waals surface area contributed by atoms with Crippen molar-refractivity contribution < 1.29 is 19.1 Å². The number of nitrogens with one attached hydrogen (secondary N) is 2. The van der Waals surface area contributed by atoms with Crippen molar-refractivity contribution in [3.8, 4) is 0 Å². The van der Waals surface area contributed by atoms with Crippen LogP contribution in [0.15, 0.2) is 54.7 Å². The molecule has 0 aliphatic carbocycles. The van der Waals surface area contributed by atoms with Crippen molar-refractivity contribution in [3.63, 3.8) is 0 Å². The van der Waals surface area contributed by atoms with E-state index >= 15 is 0 Å². The van der Waals surface area contributed by atoms with Crippen LogP contribution in [0.1, 0.15) is 35.2 Å². The van der Waals surface area contributed by atoms with Crippen LogP contribution in [0.4, 0.5) is 0 Å². The maximum absolute atomic E-state index is 13.0. The Labute approximate surface area is 197 Å². The van der Waals surface area contributed by atoms with Gasteiger partial charge in [0.1, 0.15) is 6.04 Å². The fourth-order valence-corrected chi connectivity index (χ4v) is 4.28. The van der Waals surface area contributed by atoms with Crippen LogP contribution in [-0.4, -0.2) is 53.4 Å². The van der Waals surface area contributed by atoms with Crippen LogP contribution in [0.3, 0.4) is 0 Å². The number of carbonyl (C=O) groups excluding carboxylic acids is 3. The Kier molecular flexibility index (Phi) is 7.29. The molecule has 4 rings (SSSR count). The summed E-state index contributed by atoms with van der Waals surface area (Å²) in [4.78, 5) is 43.2. The van der Waals surface area contributed by atoms with Gasteiger partial charge in [-0.3, -0.25) is 9.59 Å². The molecule has 1 saturated heterocycles. The van der Waals surface area contributed by atoms with Crippen molar-refractivity contribution in [2.45, 2.75) is 31.7 Å². The quantitative estimate of drug-likeness (QED) is 0.518. The molecule has 1 aromatic heterocycles. The topological polar surface area (TPSA) is 91.5 Å². The number of hydrogen-bond acceptors (Lipinski definition) is 4. The molecule has 2 amide bonds. The SMILES string of the molecule is O=C(N[C@H](Cc1c[nH]c2ccccc12)C(=O)OCC(=O)N1CCCCC1)c1ccccc1Cl. The van der Waals surface area contributed by atoms with Crippen LogP contribution in [-0.2, 0) is 20.7 Å². The lowest BCUT2D eigenvalue weighted by Crippen LogP contribution is -2.45. The molecular weight excluding hydrogens is 442 g/mol. The van der Waals surface area contributed by atoms with Gasteiger partial charge >= 0.3 is 5.97 Å². The van der Waals surface area contributed by atoms with Crippen LogP contribution in [0.5, 0.6) is 0 Å². The van der Waals surface area contributed by atoms with Gasteiger partial charge in [-0.2, -0.15) is 0 Å². The summed E-state index contributed by atoms with van der Waals surface area (Å²) in [5, 5.41) is 3.98. The van der Waals surface area contributed by atoms with E-state index in [1.165, 1.54) is 0 Å². The highest BCUT2D eigenvalue weighted by molar-refractivity contribution is 6.33. The molecule has 2 aromatic carbocycles. The average molecular weight is 468 g/mol. The molecular formula is C25H26ClN3O4. The number of aromatic amines is 1. The Balaban J connectivity index is 1.50. The Morgan fingerprint density at radius 1 is 1.03 bits per heavy atom. The van der Waals surface area contributed by atoms with E-state index in [1.807, 2.05) is 30.5 Å². The van der Waals surface area contributed by atoms with Crippen LogP contribution in [0, 0.1) is 0 Å². The molecule has 1 atom stereocenters. The van der Waals surface area contributed by atoms with Gasteiger partial charge < -0.3 is 19.9 Å². The van der Waals surface area contributed by atoms with Crippen molar-refractivity contribution in [3.05, 3.63) is 70.9 Å². The summed E-state index contributed by atoms with van der Waals surface area (Å²) < 4.78 is 5.36. The fraction of sp³-hybridized carbons (Fsp3) is 0.320. The van der Waals surface area contributed by atoms with E-state index in [4.69, 9.17) is 16.3 Å². The van der Waals surface area contributed by atoms with Crippen LogP contribution in [0.2, 0.25) is 5.02 Å². The second-order valence-electron chi connectivity index (χ2n) is 8.12. The molecule has 8 heteroatoms. The third-order valence-corrected chi connectivity index (χ3v) is 6.18. The zero-order chi connectivity index (χ0) is 23.2. The van der Waals surface area contributed by atoms with Gasteiger partial charge in [-0.25, -0.2) is 4.79 Å². The minimum Gasteiger partial charge on any atom is -0.454 e. The molecule has 0 spiro atoms. The summed E-state index contributed by atoms with van der Waals surface area (Å²) in [5.74, 6) is -1.36. The number of halogens is 1. The maximum atomic E-state index is 13.0. The number of nitrogens with zero attached hydrogens (tertiary/aromatic N) is 1. The van der Waals surface area contributed by atoms with E-state index in [-0.39, 0.29) is 29.5 Å². The minimum atomic E-state index is -0.984. The molecule has 172 valence electrons. The fourth-order valence-electron chi connectivity index (χ4n) is 4.06. The zero-order valence-corrected chi connectivity index (χ0v) is 18.9. The summed E-state index contributed by atoms with van der Waals surface area (Å²) in [7, 11) is 0. The molecule has 7 nitrogen and oxygen atoms in total. The maximum Gasteiger partial charge on any atom is 0.329 e. The number of piperidine rings is 1. The number of rotatable bonds is 7. The van der Waals surface area contributed by atoms with Gasteiger partial charge in [0, 0.05) is 36.6 Å². The van der Waals surface area contributed by atoms with Gasteiger partial charge in [0.2, 0.25) is 0 Å². The summed E-state index contributed by atoms with van der Waals surface area (Å²) in [6.07, 6.45) is 5.03. The summed E-state index contributed by atoms with van der Waals surface area (Å²) in [5.41, 5.74) is 2.05. The first kappa shape index (κ1) is 22.9. The number of ether oxygens (including phenoxy) is 1. The number of benzene rings is 2. The summed E-state index contributed by atoms with van der Waals surface area (Å²) in [6.45, 7) is 1.02. The third kappa shape index (κ3) is 5.54. The zero-order valence-electron chi connectivity index (χ0n) is 18.2. The molecule has 33 heavy (non-hydrogen) atoms. The molecule has 2 N–H and O–H groups in total. The van der Waals surface area contributed by atoms with Crippen molar-refractivity contribution >= 4 is 40.3 Å². The van der Waals surface area contributed by atoms with Crippen LogP contribution < -0.4 is 5.32 Å². The van der Waals surface area contributed by atoms with Gasteiger partial charge in [-0.15, -0.1) is 0 Å². The number of hydrogen-bond donors (Lipinski definition) is 2. The molecule has 0 radical (unpaired) electrons. The molecule has 1 aliphatic rings. The lowest BCUT2D eigenvalue weighted by molar-refractivity contribution is -0.153. The minimum absolute atomic E-state index is 0.205. The number of aromatic nitrogens is 1. The Bertz CT molecular complexity index is 1150. The lowest BCUT2D eigenvalue weighted by Gasteiger charge is -2.26. The van der Waals surface area contributed by atoms with E-state index in [1.54, 1.807) is 29.2 Å². The van der Waals surface area contributed by atoms with Crippen molar-refractivity contribution in [1.82, 2.24) is 15.2 Å². The van der Waals surface area contributed by atoms with Crippen molar-refractivity contribution in [1.29, 1.82) is 0 Å². The summed E-state index contributed by atoms with van der Waals surface area (Å²) in [6, 6.07) is 13.3. The Morgan fingerprint density at radius 2 is 1.76 bits per heavy atom. The predicted octanol–water partition coefficient (Wildman–Crippen LogP) is 3.72. The third-order valence-electron chi connectivity index (χ3n) is 5.85. The lowest BCUT2D eigenvalue weighted by atomic mass is 10.0. The van der Waals surface area contributed by atoms with Gasteiger partial charge in [-0.05, 0) is 43.0 Å². The molecule has 1 fully saturated rings. The van der Waals surface area contributed by atoms with Crippen molar-refractivity contribution in [2.75, 3.05) is 19.7 Å². The smallest absolute Gasteiger partial charge is 0.329 e. The normalized spacial score (nSPS) is 14.6. The molecule has 3 aromatic rings. The number of para-hydroxylation sites is 1. The highest BCUT2D eigenvalue weighted by atomic mass is 35.5. The molecule has 0 unspecified atom stereocenters. The van der Waals surface area contributed by atoms with E-state index in [9.17, 15) is 14.4 Å². The highest BCUT2D eigenvalue weighted by Crippen LogP contribution is 2.20. The van der Waals surface area contributed by atoms with Crippen LogP contribution in [0.25, 0.3) is 10.9 Å². The molecule has 0 saturated carbocycles. The Morgan fingerprint density at radius 3 is 2.55 bits per heavy atom. The first-order valence-corrected chi connectivity index (χ1v) is 11.5. The number of H-pyrrole nitrogens is 1. The monoisotopic (exact) mass is 467 g/mol. The predicted molar refractivity (Wildman–Crippen MR) is 126 cm³/mol. The van der Waals surface area contributed by atoms with E-state index in [0.29, 0.717) is 13.1 Å². The average Bonchev–Trinajstić information content (AvgIpc) is 3.25. The van der Waals surface area contributed by atoms with Gasteiger partial charge in [-0.1, -0.05) is 41.9 Å². The Hall–Kier alpha value is -3.32. The standard InChI is InChI=1S/C25H26ClN3O4/c26-20-10-4-2-9-19(20)24(31)28-22(14-17-15-27-21-11-5-3-8-18(17)21)25(32)33-16-23(30)29-12-6-1-7-13-29/h2-5,8-11,15,22,27H,1,6-7,12-14,16H2,(H,28,31)/t22-/m1/s1. The number of esters is 1. The highest BCUT2D eigenvalue weighted by Gasteiger charge is 2.27. The first-order chi connectivity index (χ1) is 16.0. The second kappa shape index (κ2) is 10.5. The molecule has 1 aliphatic heterocycles. The number of likely N-dealkylation sites (tertiary alicyclic amines) is 1. The van der Waals surface area contributed by atoms with Crippen LogP contribution >= 0.6 is 11.6 Å². The number of carbonyl (C=O) groups is 3. The van der Waals surface area contributed by atoms with E-state index < -0.39 is 17.9 Å². The largest absolute Gasteiger partial charge is 0.454 e. The van der Waals surface area contributed by atoms with Gasteiger partial charge in [0.15, 0.2) is 6.61 Å². The van der Waals surface area contributed by atoms with Crippen molar-refractivity contribution in [2.24, 2.45) is 0 Å².